The van der Waals surface area contributed by atoms with Gasteiger partial charge in [0.2, 0.25) is 0 Å². The van der Waals surface area contributed by atoms with Crippen molar-refractivity contribution in [3.05, 3.63) is 71.6 Å². The summed E-state index contributed by atoms with van der Waals surface area (Å²) in [5.41, 5.74) is -3.37. The number of benzene rings is 1. The number of amides is 1. The van der Waals surface area contributed by atoms with E-state index in [1.54, 1.807) is 30.3 Å². The number of fused-ring (bicyclic) bond motifs is 2. The standard InChI is InChI=1S/C33H34FN11O11P2/c34-24-27(20(13-46)56-33(24)45-18-42-26-30(45)39-16-40-32(26)48)58(51,53-11-5-9-36)54-14-21-22(57(49,50)52-10-4-8-35)12-23(55-21)44-17-41-25-28(37-15-38-29(25)44)43-31(47)19-6-2-1-3-7-19/h1-3,6-7,15-18,20-24,27,33,46H,4-5,10-14H2,(H,49,50)(H,39,40,48)(H,37,38,43,47)/t20?,21?,22-,23?,24+,27+,33?,58?/m0/s1. The van der Waals surface area contributed by atoms with Gasteiger partial charge in [-0.1, -0.05) is 18.2 Å². The van der Waals surface area contributed by atoms with E-state index in [2.05, 4.69) is 35.2 Å². The van der Waals surface area contributed by atoms with Crippen LogP contribution in [0.3, 0.4) is 0 Å². The molecule has 2 saturated heterocycles. The van der Waals surface area contributed by atoms with E-state index < -0.39 is 95.2 Å². The van der Waals surface area contributed by atoms with Crippen LogP contribution in [0.2, 0.25) is 0 Å². The van der Waals surface area contributed by atoms with Gasteiger partial charge in [-0.3, -0.25) is 27.9 Å². The second kappa shape index (κ2) is 17.3. The Labute approximate surface area is 326 Å². The first-order chi connectivity index (χ1) is 28.0. The molecule has 304 valence electrons. The van der Waals surface area contributed by atoms with Crippen LogP contribution in [-0.4, -0.2) is 111 Å². The predicted molar refractivity (Wildman–Crippen MR) is 196 cm³/mol. The number of rotatable bonds is 16. The van der Waals surface area contributed by atoms with Crippen LogP contribution in [0.4, 0.5) is 10.2 Å². The zero-order chi connectivity index (χ0) is 41.0. The van der Waals surface area contributed by atoms with Crippen molar-refractivity contribution in [3.8, 4) is 12.1 Å². The Balaban J connectivity index is 1.17. The van der Waals surface area contributed by atoms with Crippen molar-refractivity contribution in [1.29, 1.82) is 10.5 Å². The summed E-state index contributed by atoms with van der Waals surface area (Å²) in [4.78, 5) is 59.5. The van der Waals surface area contributed by atoms with Gasteiger partial charge in [0.1, 0.15) is 24.3 Å². The number of nitrogens with zero attached hydrogens (tertiary/aromatic N) is 9. The molecular weight excluding hydrogens is 807 g/mol. The van der Waals surface area contributed by atoms with Crippen molar-refractivity contribution in [1.82, 2.24) is 39.0 Å². The molecule has 0 bridgehead atoms. The van der Waals surface area contributed by atoms with Gasteiger partial charge < -0.3 is 43.3 Å². The third kappa shape index (κ3) is 8.05. The average Bonchev–Trinajstić information content (AvgIpc) is 4.02. The van der Waals surface area contributed by atoms with Crippen molar-refractivity contribution < 1.29 is 51.4 Å². The fourth-order valence-corrected chi connectivity index (χ4v) is 10.5. The molecule has 1 amide bonds. The fourth-order valence-electron chi connectivity index (χ4n) is 6.73. The molecule has 4 N–H and O–H groups in total. The molecule has 22 nitrogen and oxygen atoms in total. The first-order valence-electron chi connectivity index (χ1n) is 17.6. The Bertz CT molecular complexity index is 2530. The zero-order valence-corrected chi connectivity index (χ0v) is 31.8. The Morgan fingerprint density at radius 2 is 1.67 bits per heavy atom. The topological polar surface area (TPSA) is 305 Å². The smallest absolute Gasteiger partial charge is 0.339 e. The quantitative estimate of drug-likeness (QED) is 0.0820. The number of carbonyl (C=O) groups excluding carboxylic acids is 1. The molecule has 4 aromatic heterocycles. The van der Waals surface area contributed by atoms with Gasteiger partial charge in [0.25, 0.3) is 11.5 Å². The molecule has 2 aliphatic heterocycles. The molecule has 2 aliphatic rings. The Kier molecular flexibility index (Phi) is 12.2. The van der Waals surface area contributed by atoms with Crippen LogP contribution in [0.5, 0.6) is 0 Å². The van der Waals surface area contributed by atoms with Crippen LogP contribution in [0.15, 0.2) is 60.4 Å². The maximum Gasteiger partial charge on any atom is 0.339 e. The van der Waals surface area contributed by atoms with E-state index in [1.807, 2.05) is 12.1 Å². The van der Waals surface area contributed by atoms with Gasteiger partial charge in [0.15, 0.2) is 40.5 Å². The number of imidazole rings is 2. The third-order valence-electron chi connectivity index (χ3n) is 9.43. The molecule has 0 saturated carbocycles. The van der Waals surface area contributed by atoms with Gasteiger partial charge in [-0.25, -0.2) is 29.3 Å². The highest BCUT2D eigenvalue weighted by molar-refractivity contribution is 7.55. The Morgan fingerprint density at radius 3 is 2.41 bits per heavy atom. The molecule has 1 aromatic carbocycles. The number of hydrogen-bond acceptors (Lipinski definition) is 17. The van der Waals surface area contributed by atoms with Gasteiger partial charge in [-0.2, -0.15) is 10.5 Å². The van der Waals surface area contributed by atoms with Gasteiger partial charge in [-0.05, 0) is 12.1 Å². The van der Waals surface area contributed by atoms with Crippen molar-refractivity contribution >= 4 is 49.2 Å². The highest BCUT2D eigenvalue weighted by atomic mass is 31.2. The first-order valence-corrected chi connectivity index (χ1v) is 20.8. The summed E-state index contributed by atoms with van der Waals surface area (Å²) in [6.07, 6.45) is -4.00. The fraction of sp³-hybridized carbons (Fsp3) is 0.424. The molecule has 9 atom stereocenters. The number of halogens is 1. The van der Waals surface area contributed by atoms with Crippen LogP contribution in [0, 0.1) is 22.7 Å². The molecule has 58 heavy (non-hydrogen) atoms. The van der Waals surface area contributed by atoms with E-state index in [4.69, 9.17) is 28.3 Å². The van der Waals surface area contributed by atoms with E-state index in [9.17, 15) is 34.0 Å². The Hall–Kier alpha value is -5.32. The monoisotopic (exact) mass is 841 g/mol. The van der Waals surface area contributed by atoms with Crippen LogP contribution in [-0.2, 0) is 32.2 Å². The minimum atomic E-state index is -4.80. The van der Waals surface area contributed by atoms with Gasteiger partial charge in [-0.15, -0.1) is 0 Å². The van der Waals surface area contributed by atoms with Crippen LogP contribution >= 0.6 is 15.2 Å². The molecule has 6 unspecified atom stereocenters. The summed E-state index contributed by atoms with van der Waals surface area (Å²) in [5, 5.41) is 31.2. The Morgan fingerprint density at radius 1 is 0.966 bits per heavy atom. The summed E-state index contributed by atoms with van der Waals surface area (Å²) in [6.45, 7) is -2.55. The number of nitriles is 2. The van der Waals surface area contributed by atoms with Crippen molar-refractivity contribution in [3.63, 3.8) is 0 Å². The summed E-state index contributed by atoms with van der Waals surface area (Å²) >= 11 is 0. The lowest BCUT2D eigenvalue weighted by Crippen LogP contribution is -2.35. The molecule has 7 rings (SSSR count). The van der Waals surface area contributed by atoms with E-state index in [0.717, 1.165) is 17.2 Å². The van der Waals surface area contributed by atoms with Gasteiger partial charge in [0.05, 0.1) is 82.2 Å². The predicted octanol–water partition coefficient (Wildman–Crippen LogP) is 2.72. The molecule has 2 fully saturated rings. The highest BCUT2D eigenvalue weighted by Crippen LogP contribution is 2.62. The van der Waals surface area contributed by atoms with Gasteiger partial charge in [0, 0.05) is 12.0 Å². The number of H-pyrrole nitrogens is 1. The zero-order valence-electron chi connectivity index (χ0n) is 30.1. The lowest BCUT2D eigenvalue weighted by atomic mass is 10.2. The molecule has 6 heterocycles. The lowest BCUT2D eigenvalue weighted by molar-refractivity contribution is -0.0360. The molecular formula is C33H34FN11O11P2. The number of aliphatic hydroxyl groups is 1. The average molecular weight is 842 g/mol. The second-order valence-electron chi connectivity index (χ2n) is 12.9. The first kappa shape index (κ1) is 40.9. The van der Waals surface area contributed by atoms with Crippen molar-refractivity contribution in [2.75, 3.05) is 31.7 Å². The number of alkyl halides is 1. The number of aromatic amines is 1. The number of aromatic nitrogens is 8. The largest absolute Gasteiger partial charge is 0.394 e. The molecule has 0 aliphatic carbocycles. The number of anilines is 1. The van der Waals surface area contributed by atoms with Gasteiger partial charge >= 0.3 is 15.2 Å². The van der Waals surface area contributed by atoms with Crippen LogP contribution < -0.4 is 10.9 Å². The van der Waals surface area contributed by atoms with Crippen LogP contribution in [0.1, 0.15) is 42.1 Å². The molecule has 25 heteroatoms. The van der Waals surface area contributed by atoms with E-state index in [-0.39, 0.29) is 47.4 Å². The lowest BCUT2D eigenvalue weighted by Gasteiger charge is -2.29. The number of carbonyl (C=O) groups is 1. The molecule has 5 aromatic rings. The molecule has 0 spiro atoms. The minimum Gasteiger partial charge on any atom is -0.394 e. The normalized spacial score (nSPS) is 25.2. The summed E-state index contributed by atoms with van der Waals surface area (Å²) in [6, 6.07) is 12.0. The summed E-state index contributed by atoms with van der Waals surface area (Å²) in [5.74, 6) is -0.400. The van der Waals surface area contributed by atoms with Crippen LogP contribution in [0.25, 0.3) is 22.3 Å². The van der Waals surface area contributed by atoms with E-state index in [1.165, 1.54) is 17.2 Å². The highest BCUT2D eigenvalue weighted by Gasteiger charge is 2.58. The third-order valence-corrected chi connectivity index (χ3v) is 13.8. The SMILES string of the molecule is N#CCCOP(=O)(O)[C@H]1CC(n2cnc3c(NC(=O)c4ccccc4)ncnc32)OC1COP(=O)(OCCC#N)[C@@H]1C(CO)OC(n2cnc3c(=O)[nH]cnc32)[C@@H]1F. The van der Waals surface area contributed by atoms with Crippen molar-refractivity contribution in [2.24, 2.45) is 0 Å². The van der Waals surface area contributed by atoms with E-state index >= 15 is 4.39 Å². The summed E-state index contributed by atoms with van der Waals surface area (Å²) < 4.78 is 76.3. The van der Waals surface area contributed by atoms with Crippen molar-refractivity contribution in [2.45, 2.75) is 61.4 Å². The maximum atomic E-state index is 16.6. The summed E-state index contributed by atoms with van der Waals surface area (Å²) in [7, 11) is -9.46. The second-order valence-corrected chi connectivity index (χ2v) is 17.2. The minimum absolute atomic E-state index is 0.0673. The number of aliphatic hydroxyl groups excluding tert-OH is 1. The number of nitrogens with one attached hydrogen (secondary N) is 2. The number of hydrogen-bond donors (Lipinski definition) is 4. The maximum absolute atomic E-state index is 16.6. The molecule has 0 radical (unpaired) electrons. The van der Waals surface area contributed by atoms with E-state index in [0.29, 0.717) is 5.56 Å². The number of ether oxygens (including phenoxy) is 2.